The number of phenols is 1. The highest BCUT2D eigenvalue weighted by molar-refractivity contribution is 8.02. The number of phenolic OH excluding ortho intramolecular Hbond substituents is 1. The molecule has 1 heterocycles. The molecule has 3 heteroatoms. The van der Waals surface area contributed by atoms with Gasteiger partial charge >= 0.3 is 0 Å². The second-order valence-corrected chi connectivity index (χ2v) is 7.11. The summed E-state index contributed by atoms with van der Waals surface area (Å²) in [4.78, 5) is 0.970. The number of rotatable bonds is 5. The normalized spacial score (nSPS) is 13.9. The predicted octanol–water partition coefficient (Wildman–Crippen LogP) is 6.13. The smallest absolute Gasteiger partial charge is 0.116 e. The number of nitrogens with one attached hydrogen (secondary N) is 1. The van der Waals surface area contributed by atoms with Gasteiger partial charge in [0.1, 0.15) is 5.75 Å². The van der Waals surface area contributed by atoms with Crippen LogP contribution in [0.5, 0.6) is 5.75 Å². The van der Waals surface area contributed by atoms with Gasteiger partial charge < -0.3 is 10.4 Å². The average Bonchev–Trinajstić information content (AvgIpc) is 2.70. The minimum absolute atomic E-state index is 0.212. The first-order chi connectivity index (χ1) is 13.5. The van der Waals surface area contributed by atoms with E-state index in [2.05, 4.69) is 24.4 Å². The van der Waals surface area contributed by atoms with Crippen molar-refractivity contribution in [3.63, 3.8) is 0 Å². The molecule has 0 aromatic heterocycles. The molecule has 0 saturated heterocycles. The molecule has 0 radical (unpaired) electrons. The molecule has 0 saturated carbocycles. The van der Waals surface area contributed by atoms with Crippen LogP contribution in [0, 0.1) is 12.3 Å². The molecule has 0 bridgehead atoms. The maximum absolute atomic E-state index is 10.1. The summed E-state index contributed by atoms with van der Waals surface area (Å²) in [6, 6.07) is 15.3. The number of benzene rings is 2. The first-order valence-corrected chi connectivity index (χ1v) is 9.94. The van der Waals surface area contributed by atoms with Crippen molar-refractivity contribution < 1.29 is 5.11 Å². The highest BCUT2D eigenvalue weighted by Gasteiger charge is 2.24. The molecule has 0 atom stereocenters. The van der Waals surface area contributed by atoms with Gasteiger partial charge in [-0.1, -0.05) is 55.5 Å². The monoisotopic (exact) mass is 383 g/mol. The maximum atomic E-state index is 10.1. The molecule has 0 amide bonds. The van der Waals surface area contributed by atoms with Crippen molar-refractivity contribution >= 4 is 23.0 Å². The molecule has 28 heavy (non-hydrogen) atoms. The van der Waals surface area contributed by atoms with Gasteiger partial charge in [-0.3, -0.25) is 0 Å². The Morgan fingerprint density at radius 3 is 2.61 bits per heavy atom. The lowest BCUT2D eigenvalue weighted by atomic mass is 9.84. The Morgan fingerprint density at radius 1 is 1.18 bits per heavy atom. The average molecular weight is 384 g/mol. The zero-order valence-corrected chi connectivity index (χ0v) is 16.5. The van der Waals surface area contributed by atoms with Gasteiger partial charge in [-0.25, -0.2) is 0 Å². The quantitative estimate of drug-likeness (QED) is 0.370. The fourth-order valence-electron chi connectivity index (χ4n) is 3.14. The van der Waals surface area contributed by atoms with E-state index in [1.165, 1.54) is 0 Å². The Balaban J connectivity index is 2.20. The van der Waals surface area contributed by atoms with E-state index < -0.39 is 0 Å². The molecule has 1 aliphatic heterocycles. The van der Waals surface area contributed by atoms with Gasteiger partial charge in [0.05, 0.1) is 0 Å². The van der Waals surface area contributed by atoms with Crippen molar-refractivity contribution in [3.05, 3.63) is 113 Å². The number of anilines is 1. The lowest BCUT2D eigenvalue weighted by Gasteiger charge is -2.27. The Morgan fingerprint density at radius 2 is 1.93 bits per heavy atom. The molecule has 1 aliphatic rings. The Hall–Kier alpha value is -3.35. The molecule has 3 rings (SSSR count). The van der Waals surface area contributed by atoms with E-state index in [9.17, 15) is 5.11 Å². The highest BCUT2D eigenvalue weighted by atomic mass is 32.2. The van der Waals surface area contributed by atoms with Crippen molar-refractivity contribution in [1.29, 1.82) is 0 Å². The van der Waals surface area contributed by atoms with Crippen LogP contribution in [0.25, 0.3) is 5.57 Å². The molecule has 0 unspecified atom stereocenters. The van der Waals surface area contributed by atoms with Crippen LogP contribution in [0.3, 0.4) is 0 Å². The lowest BCUT2D eigenvalue weighted by molar-refractivity contribution is 0.475. The Kier molecular flexibility index (Phi) is 5.93. The lowest BCUT2D eigenvalue weighted by Crippen LogP contribution is -2.13. The second kappa shape index (κ2) is 8.56. The first-order valence-electron chi connectivity index (χ1n) is 8.72. The van der Waals surface area contributed by atoms with Crippen LogP contribution in [-0.4, -0.2) is 11.4 Å². The molecule has 138 valence electrons. The minimum Gasteiger partial charge on any atom is -0.508 e. The molecule has 0 spiro atoms. The van der Waals surface area contributed by atoms with Crippen molar-refractivity contribution in [1.82, 2.24) is 0 Å². The molecule has 0 aliphatic carbocycles. The van der Waals surface area contributed by atoms with E-state index in [0.29, 0.717) is 0 Å². The van der Waals surface area contributed by atoms with Gasteiger partial charge in [0.15, 0.2) is 0 Å². The van der Waals surface area contributed by atoms with E-state index in [-0.39, 0.29) is 5.75 Å². The number of terminal acetylenes is 1. The van der Waals surface area contributed by atoms with Gasteiger partial charge in [-0.2, -0.15) is 0 Å². The summed E-state index contributed by atoms with van der Waals surface area (Å²) < 4.78 is 0. The number of aromatic hydroxyl groups is 1. The SMILES string of the molecule is C#C/C=C(/C=C/C(=C)C1=C(c2ccccc2)c2cc(O)ccc2NC1=C)SC. The van der Waals surface area contributed by atoms with Gasteiger partial charge in [0, 0.05) is 39.1 Å². The molecule has 2 N–H and O–H groups in total. The zero-order valence-electron chi connectivity index (χ0n) is 15.7. The fraction of sp³-hybridized carbons (Fsp3) is 0.0400. The predicted molar refractivity (Wildman–Crippen MR) is 122 cm³/mol. The van der Waals surface area contributed by atoms with E-state index in [0.717, 1.165) is 44.1 Å². The standard InChI is InChI=1S/C25H21NOS/c1-5-9-21(28-4)14-12-17(2)24-18(3)26-23-15-13-20(27)16-22(23)25(24)19-10-7-6-8-11-19/h1,6-16,26-27H,2-3H2,4H3/b14-12+,21-9-. The Labute approximate surface area is 170 Å². The Bertz CT molecular complexity index is 1070. The summed E-state index contributed by atoms with van der Waals surface area (Å²) in [5.74, 6) is 2.76. The molecule has 2 aromatic rings. The van der Waals surface area contributed by atoms with Crippen molar-refractivity contribution in [2.45, 2.75) is 0 Å². The molecule has 0 fully saturated rings. The maximum Gasteiger partial charge on any atom is 0.116 e. The fourth-order valence-corrected chi connectivity index (χ4v) is 3.53. The van der Waals surface area contributed by atoms with Crippen LogP contribution in [0.2, 0.25) is 0 Å². The van der Waals surface area contributed by atoms with Gasteiger partial charge in [-0.05, 0) is 41.7 Å². The van der Waals surface area contributed by atoms with Crippen molar-refractivity contribution in [2.24, 2.45) is 0 Å². The highest BCUT2D eigenvalue weighted by Crippen LogP contribution is 2.43. The third-order valence-electron chi connectivity index (χ3n) is 4.40. The minimum atomic E-state index is 0.212. The largest absolute Gasteiger partial charge is 0.508 e. The molecule has 2 aromatic carbocycles. The summed E-state index contributed by atoms with van der Waals surface area (Å²) in [5.41, 5.74) is 6.30. The van der Waals surface area contributed by atoms with Gasteiger partial charge in [0.2, 0.25) is 0 Å². The summed E-state index contributed by atoms with van der Waals surface area (Å²) in [5, 5.41) is 13.4. The number of fused-ring (bicyclic) bond motifs is 1. The molecule has 2 nitrogen and oxygen atoms in total. The zero-order chi connectivity index (χ0) is 20.1. The molecular formula is C25H21NOS. The summed E-state index contributed by atoms with van der Waals surface area (Å²) in [6.45, 7) is 8.49. The van der Waals surface area contributed by atoms with E-state index in [1.54, 1.807) is 30.0 Å². The van der Waals surface area contributed by atoms with Crippen LogP contribution < -0.4 is 5.32 Å². The van der Waals surface area contributed by atoms with Crippen molar-refractivity contribution in [2.75, 3.05) is 11.6 Å². The third kappa shape index (κ3) is 3.98. The molecular weight excluding hydrogens is 362 g/mol. The summed E-state index contributed by atoms with van der Waals surface area (Å²) in [7, 11) is 0. The van der Waals surface area contributed by atoms with Crippen molar-refractivity contribution in [3.8, 4) is 18.1 Å². The topological polar surface area (TPSA) is 32.3 Å². The number of hydrogen-bond acceptors (Lipinski definition) is 3. The van der Waals surface area contributed by atoms with Crippen LogP contribution in [0.1, 0.15) is 11.1 Å². The van der Waals surface area contributed by atoms with Crippen LogP contribution in [0.4, 0.5) is 5.69 Å². The van der Waals surface area contributed by atoms with E-state index in [1.807, 2.05) is 54.8 Å². The van der Waals surface area contributed by atoms with Gasteiger partial charge in [-0.15, -0.1) is 18.2 Å². The van der Waals surface area contributed by atoms with E-state index in [4.69, 9.17) is 6.42 Å². The van der Waals surface area contributed by atoms with Crippen LogP contribution >= 0.6 is 11.8 Å². The third-order valence-corrected chi connectivity index (χ3v) is 5.13. The first kappa shape index (κ1) is 19.4. The van der Waals surface area contributed by atoms with Crippen LogP contribution in [0.15, 0.2) is 102 Å². The summed E-state index contributed by atoms with van der Waals surface area (Å²) >= 11 is 1.58. The van der Waals surface area contributed by atoms with Crippen LogP contribution in [-0.2, 0) is 0 Å². The second-order valence-electron chi connectivity index (χ2n) is 6.23. The van der Waals surface area contributed by atoms with Gasteiger partial charge in [0.25, 0.3) is 0 Å². The number of thioether (sulfide) groups is 1. The number of allylic oxidation sites excluding steroid dienone is 4. The number of hydrogen-bond donors (Lipinski definition) is 2. The summed E-state index contributed by atoms with van der Waals surface area (Å²) in [6.07, 6.45) is 13.0. The van der Waals surface area contributed by atoms with E-state index >= 15 is 0 Å².